The predicted molar refractivity (Wildman–Crippen MR) is 138 cm³/mol. The molecular weight excluding hydrogens is 466 g/mol. The number of fused-ring (bicyclic) bond motifs is 1. The van der Waals surface area contributed by atoms with Gasteiger partial charge in [0.2, 0.25) is 0 Å². The summed E-state index contributed by atoms with van der Waals surface area (Å²) in [6.07, 6.45) is 0.599. The number of aromatic nitrogens is 4. The van der Waals surface area contributed by atoms with Crippen LogP contribution in [-0.4, -0.2) is 30.6 Å². The highest BCUT2D eigenvalue weighted by molar-refractivity contribution is 7.99. The van der Waals surface area contributed by atoms with E-state index in [2.05, 4.69) is 9.97 Å². The van der Waals surface area contributed by atoms with Crippen molar-refractivity contribution < 1.29 is 4.79 Å². The van der Waals surface area contributed by atoms with Gasteiger partial charge in [0.25, 0.3) is 11.1 Å². The molecule has 4 rings (SSSR count). The zero-order chi connectivity index (χ0) is 25.3. The Morgan fingerprint density at radius 2 is 1.86 bits per heavy atom. The van der Waals surface area contributed by atoms with E-state index in [-0.39, 0.29) is 29.2 Å². The second-order valence-corrected chi connectivity index (χ2v) is 9.17. The van der Waals surface area contributed by atoms with Gasteiger partial charge < -0.3 is 5.73 Å². The number of thioether (sulfide) groups is 1. The van der Waals surface area contributed by atoms with Crippen LogP contribution >= 0.6 is 11.8 Å². The number of nitrogens with two attached hydrogens (primary N) is 1. The van der Waals surface area contributed by atoms with E-state index in [0.29, 0.717) is 28.2 Å². The molecular formula is C25H25N5O4S. The molecule has 10 heteroatoms. The number of rotatable bonds is 7. The van der Waals surface area contributed by atoms with Gasteiger partial charge in [-0.2, -0.15) is 0 Å². The van der Waals surface area contributed by atoms with Gasteiger partial charge in [-0.05, 0) is 44.0 Å². The summed E-state index contributed by atoms with van der Waals surface area (Å²) in [4.78, 5) is 57.9. The van der Waals surface area contributed by atoms with Crippen molar-refractivity contribution >= 4 is 34.3 Å². The average Bonchev–Trinajstić information content (AvgIpc) is 2.81. The highest BCUT2D eigenvalue weighted by Crippen LogP contribution is 2.24. The monoisotopic (exact) mass is 491 g/mol. The Kier molecular flexibility index (Phi) is 6.74. The van der Waals surface area contributed by atoms with E-state index < -0.39 is 17.0 Å². The van der Waals surface area contributed by atoms with E-state index in [1.54, 1.807) is 24.3 Å². The number of aromatic amines is 1. The van der Waals surface area contributed by atoms with Gasteiger partial charge in [0.1, 0.15) is 11.4 Å². The van der Waals surface area contributed by atoms with Gasteiger partial charge in [0.05, 0.1) is 22.3 Å². The normalized spacial score (nSPS) is 11.2. The molecule has 2 heterocycles. The Hall–Kier alpha value is -3.92. The highest BCUT2D eigenvalue weighted by atomic mass is 32.2. The third-order valence-corrected chi connectivity index (χ3v) is 6.57. The van der Waals surface area contributed by atoms with Crippen molar-refractivity contribution in [3.8, 4) is 5.69 Å². The summed E-state index contributed by atoms with van der Waals surface area (Å²) < 4.78 is 2.67. The Bertz CT molecular complexity index is 1630. The number of H-pyrrole nitrogens is 1. The summed E-state index contributed by atoms with van der Waals surface area (Å²) in [6, 6.07) is 12.7. The number of hydrogen-bond donors (Lipinski definition) is 2. The third kappa shape index (κ3) is 4.57. The van der Waals surface area contributed by atoms with E-state index in [1.807, 2.05) is 39.0 Å². The minimum atomic E-state index is -0.830. The lowest BCUT2D eigenvalue weighted by atomic mass is 10.1. The molecule has 2 aromatic heterocycles. The lowest BCUT2D eigenvalue weighted by molar-refractivity contribution is 0.102. The quantitative estimate of drug-likeness (QED) is 0.231. The Morgan fingerprint density at radius 3 is 2.57 bits per heavy atom. The highest BCUT2D eigenvalue weighted by Gasteiger charge is 2.21. The maximum atomic E-state index is 13.5. The van der Waals surface area contributed by atoms with Crippen molar-refractivity contribution in [2.24, 2.45) is 0 Å². The molecule has 35 heavy (non-hydrogen) atoms. The van der Waals surface area contributed by atoms with Gasteiger partial charge in [-0.3, -0.25) is 28.5 Å². The van der Waals surface area contributed by atoms with Crippen molar-refractivity contribution in [2.45, 2.75) is 38.9 Å². The van der Waals surface area contributed by atoms with E-state index in [0.717, 1.165) is 22.9 Å². The predicted octanol–water partition coefficient (Wildman–Crippen LogP) is 2.82. The van der Waals surface area contributed by atoms with E-state index >= 15 is 0 Å². The largest absolute Gasteiger partial charge is 0.384 e. The number of benzene rings is 2. The van der Waals surface area contributed by atoms with Crippen LogP contribution in [0.5, 0.6) is 0 Å². The van der Waals surface area contributed by atoms with Gasteiger partial charge >= 0.3 is 5.69 Å². The summed E-state index contributed by atoms with van der Waals surface area (Å²) in [6.45, 7) is 5.99. The second kappa shape index (κ2) is 9.75. The third-order valence-electron chi connectivity index (χ3n) is 5.64. The van der Waals surface area contributed by atoms with Crippen LogP contribution in [0.2, 0.25) is 0 Å². The first-order chi connectivity index (χ1) is 16.7. The minimum absolute atomic E-state index is 0.163. The van der Waals surface area contributed by atoms with Crippen molar-refractivity contribution in [2.75, 3.05) is 11.5 Å². The number of Topliss-reactive ketones (excluding diaryl/α,β-unsaturated/α-hetero) is 1. The van der Waals surface area contributed by atoms with Crippen molar-refractivity contribution in [1.82, 2.24) is 19.1 Å². The van der Waals surface area contributed by atoms with Crippen LogP contribution in [0, 0.1) is 13.8 Å². The van der Waals surface area contributed by atoms with Gasteiger partial charge in [-0.25, -0.2) is 9.78 Å². The lowest BCUT2D eigenvalue weighted by Crippen LogP contribution is -2.36. The lowest BCUT2D eigenvalue weighted by Gasteiger charge is -2.16. The number of aryl methyl sites for hydroxylation is 2. The number of carbonyl (C=O) groups is 1. The molecule has 0 aliphatic carbocycles. The van der Waals surface area contributed by atoms with E-state index in [9.17, 15) is 19.2 Å². The first kappa shape index (κ1) is 24.2. The fraction of sp³-hybridized carbons (Fsp3) is 0.240. The van der Waals surface area contributed by atoms with E-state index in [1.165, 1.54) is 9.13 Å². The standard InChI is InChI=1S/C25H25N5O4S/c1-4-11-29-21(26)20(22(32)28-24(29)34)19(31)13-35-25-27-17-8-6-5-7-16(17)23(33)30(25)18-10-9-14(2)12-15(18)3/h5-10,12H,4,11,13,26H2,1-3H3,(H,28,32,34). The Labute approximate surface area is 204 Å². The first-order valence-corrected chi connectivity index (χ1v) is 12.1. The summed E-state index contributed by atoms with van der Waals surface area (Å²) in [5.41, 5.74) is 7.11. The zero-order valence-corrected chi connectivity index (χ0v) is 20.4. The molecule has 0 radical (unpaired) electrons. The van der Waals surface area contributed by atoms with Crippen molar-refractivity contribution in [3.05, 3.63) is 90.3 Å². The molecule has 0 aliphatic rings. The maximum Gasteiger partial charge on any atom is 0.329 e. The smallest absolute Gasteiger partial charge is 0.329 e. The molecule has 0 saturated heterocycles. The minimum Gasteiger partial charge on any atom is -0.384 e. The van der Waals surface area contributed by atoms with Crippen LogP contribution in [-0.2, 0) is 6.54 Å². The maximum absolute atomic E-state index is 13.5. The summed E-state index contributed by atoms with van der Waals surface area (Å²) in [7, 11) is 0. The molecule has 0 spiro atoms. The molecule has 0 amide bonds. The van der Waals surface area contributed by atoms with Crippen molar-refractivity contribution in [1.29, 1.82) is 0 Å². The van der Waals surface area contributed by atoms with Crippen LogP contribution in [0.4, 0.5) is 5.82 Å². The van der Waals surface area contributed by atoms with Crippen molar-refractivity contribution in [3.63, 3.8) is 0 Å². The number of carbonyl (C=O) groups excluding carboxylic acids is 1. The molecule has 0 saturated carbocycles. The molecule has 0 unspecified atom stereocenters. The van der Waals surface area contributed by atoms with Gasteiger partial charge in [0, 0.05) is 6.54 Å². The molecule has 0 fully saturated rings. The number of nitrogen functional groups attached to an aromatic ring is 1. The average molecular weight is 492 g/mol. The molecule has 0 bridgehead atoms. The van der Waals surface area contributed by atoms with Gasteiger partial charge in [-0.1, -0.05) is 48.5 Å². The SMILES string of the molecule is CCCn1c(N)c(C(=O)CSc2nc3ccccc3c(=O)n2-c2ccc(C)cc2C)c(=O)[nH]c1=O. The van der Waals surface area contributed by atoms with Crippen LogP contribution < -0.4 is 22.5 Å². The second-order valence-electron chi connectivity index (χ2n) is 8.23. The molecule has 0 aliphatic heterocycles. The number of anilines is 1. The summed E-state index contributed by atoms with van der Waals surface area (Å²) in [5.74, 6) is -0.926. The molecule has 180 valence electrons. The Balaban J connectivity index is 1.80. The number of nitrogens with zero attached hydrogens (tertiary/aromatic N) is 3. The van der Waals surface area contributed by atoms with Crippen LogP contribution in [0.3, 0.4) is 0 Å². The fourth-order valence-electron chi connectivity index (χ4n) is 3.98. The van der Waals surface area contributed by atoms with Crippen LogP contribution in [0.25, 0.3) is 16.6 Å². The summed E-state index contributed by atoms with van der Waals surface area (Å²) >= 11 is 1.03. The molecule has 2 aromatic carbocycles. The molecule has 3 N–H and O–H groups in total. The number of nitrogens with one attached hydrogen (secondary N) is 1. The fourth-order valence-corrected chi connectivity index (χ4v) is 4.86. The topological polar surface area (TPSA) is 133 Å². The van der Waals surface area contributed by atoms with Crippen LogP contribution in [0.1, 0.15) is 34.8 Å². The number of para-hydroxylation sites is 1. The van der Waals surface area contributed by atoms with E-state index in [4.69, 9.17) is 5.73 Å². The van der Waals surface area contributed by atoms with Gasteiger partial charge in [-0.15, -0.1) is 0 Å². The Morgan fingerprint density at radius 1 is 1.11 bits per heavy atom. The van der Waals surface area contributed by atoms with Crippen LogP contribution in [0.15, 0.2) is 62.0 Å². The molecule has 0 atom stereocenters. The number of hydrogen-bond acceptors (Lipinski definition) is 7. The van der Waals surface area contributed by atoms with Gasteiger partial charge in [0.15, 0.2) is 10.9 Å². The first-order valence-electron chi connectivity index (χ1n) is 11.1. The summed E-state index contributed by atoms with van der Waals surface area (Å²) in [5, 5.41) is 0.765. The molecule has 4 aromatic rings. The number of ketones is 1. The molecule has 9 nitrogen and oxygen atoms in total. The zero-order valence-electron chi connectivity index (χ0n) is 19.6.